The maximum atomic E-state index is 5.32. The highest BCUT2D eigenvalue weighted by molar-refractivity contribution is 9.10. The molecule has 18 heavy (non-hydrogen) atoms. The van der Waals surface area contributed by atoms with Gasteiger partial charge in [0.2, 0.25) is 12.7 Å². The van der Waals surface area contributed by atoms with E-state index in [0.29, 0.717) is 19.3 Å². The van der Waals surface area contributed by atoms with E-state index >= 15 is 0 Å². The molecule has 1 aliphatic heterocycles. The van der Waals surface area contributed by atoms with Crippen molar-refractivity contribution in [1.82, 2.24) is 9.97 Å². The molecule has 2 aromatic rings. The van der Waals surface area contributed by atoms with Crippen LogP contribution >= 0.6 is 15.9 Å². The molecule has 0 bridgehead atoms. The summed E-state index contributed by atoms with van der Waals surface area (Å²) in [6.07, 6.45) is 3.41. The number of hydrogen-bond acceptors (Lipinski definition) is 5. The van der Waals surface area contributed by atoms with Crippen LogP contribution in [0.1, 0.15) is 5.56 Å². The van der Waals surface area contributed by atoms with Gasteiger partial charge in [-0.3, -0.25) is 0 Å². The Morgan fingerprint density at radius 2 is 1.94 bits per heavy atom. The van der Waals surface area contributed by atoms with Crippen LogP contribution < -0.4 is 14.8 Å². The number of halogens is 1. The first-order valence-electron chi connectivity index (χ1n) is 5.41. The minimum absolute atomic E-state index is 0.294. The van der Waals surface area contributed by atoms with Gasteiger partial charge in [-0.1, -0.05) is 6.07 Å². The summed E-state index contributed by atoms with van der Waals surface area (Å²) in [6.45, 7) is 0.931. The molecule has 0 atom stereocenters. The Morgan fingerprint density at radius 3 is 2.78 bits per heavy atom. The summed E-state index contributed by atoms with van der Waals surface area (Å²) >= 11 is 3.29. The molecule has 0 saturated heterocycles. The van der Waals surface area contributed by atoms with E-state index < -0.39 is 0 Å². The lowest BCUT2D eigenvalue weighted by atomic mass is 10.2. The summed E-state index contributed by atoms with van der Waals surface area (Å²) in [5.74, 6) is 2.17. The topological polar surface area (TPSA) is 56.3 Å². The Bertz CT molecular complexity index is 560. The van der Waals surface area contributed by atoms with E-state index in [-0.39, 0.29) is 0 Å². The van der Waals surface area contributed by atoms with Gasteiger partial charge in [-0.05, 0) is 33.6 Å². The van der Waals surface area contributed by atoms with Crippen molar-refractivity contribution in [3.8, 4) is 11.5 Å². The smallest absolute Gasteiger partial charge is 0.231 e. The fourth-order valence-corrected chi connectivity index (χ4v) is 1.84. The van der Waals surface area contributed by atoms with Crippen molar-refractivity contribution in [2.75, 3.05) is 12.1 Å². The van der Waals surface area contributed by atoms with Crippen LogP contribution in [0.15, 0.2) is 35.1 Å². The Labute approximate surface area is 112 Å². The summed E-state index contributed by atoms with van der Waals surface area (Å²) in [5.41, 5.74) is 1.09. The average molecular weight is 308 g/mol. The van der Waals surface area contributed by atoms with Crippen LogP contribution in [0.5, 0.6) is 11.5 Å². The number of fused-ring (bicyclic) bond motifs is 1. The molecule has 1 aliphatic rings. The van der Waals surface area contributed by atoms with Gasteiger partial charge in [-0.15, -0.1) is 0 Å². The third kappa shape index (κ3) is 2.38. The quantitative estimate of drug-likeness (QED) is 0.944. The first kappa shape index (κ1) is 11.3. The van der Waals surface area contributed by atoms with Crippen LogP contribution in [0.3, 0.4) is 0 Å². The molecule has 0 fully saturated rings. The van der Waals surface area contributed by atoms with E-state index in [1.807, 2.05) is 18.2 Å². The van der Waals surface area contributed by atoms with Crippen molar-refractivity contribution in [3.63, 3.8) is 0 Å². The molecule has 0 saturated carbocycles. The van der Waals surface area contributed by atoms with Crippen molar-refractivity contribution in [2.45, 2.75) is 6.54 Å². The number of nitrogens with zero attached hydrogens (tertiary/aromatic N) is 2. The monoisotopic (exact) mass is 307 g/mol. The van der Waals surface area contributed by atoms with Gasteiger partial charge in [-0.2, -0.15) is 0 Å². The molecular weight excluding hydrogens is 298 g/mol. The predicted octanol–water partition coefficient (Wildman–Crippen LogP) is 2.58. The zero-order valence-corrected chi connectivity index (χ0v) is 11.0. The summed E-state index contributed by atoms with van der Waals surface area (Å²) in [5, 5.41) is 3.14. The number of anilines is 1. The van der Waals surface area contributed by atoms with Crippen LogP contribution in [0.2, 0.25) is 0 Å². The molecule has 0 unspecified atom stereocenters. The SMILES string of the molecule is Brc1cnc(NCc2ccc3c(c2)OCO3)nc1. The number of hydrogen-bond donors (Lipinski definition) is 1. The predicted molar refractivity (Wildman–Crippen MR) is 69.6 cm³/mol. The Hall–Kier alpha value is -1.82. The molecule has 0 spiro atoms. The molecule has 3 rings (SSSR count). The largest absolute Gasteiger partial charge is 0.454 e. The van der Waals surface area contributed by atoms with Gasteiger partial charge in [0.15, 0.2) is 11.5 Å². The lowest BCUT2D eigenvalue weighted by molar-refractivity contribution is 0.174. The van der Waals surface area contributed by atoms with Gasteiger partial charge >= 0.3 is 0 Å². The molecule has 1 aromatic carbocycles. The van der Waals surface area contributed by atoms with Gasteiger partial charge in [-0.25, -0.2) is 9.97 Å². The van der Waals surface area contributed by atoms with E-state index in [9.17, 15) is 0 Å². The van der Waals surface area contributed by atoms with Crippen molar-refractivity contribution >= 4 is 21.9 Å². The van der Waals surface area contributed by atoms with Crippen molar-refractivity contribution in [2.24, 2.45) is 0 Å². The first-order valence-corrected chi connectivity index (χ1v) is 6.20. The van der Waals surface area contributed by atoms with E-state index in [2.05, 4.69) is 31.2 Å². The number of nitrogens with one attached hydrogen (secondary N) is 1. The zero-order chi connectivity index (χ0) is 12.4. The first-order chi connectivity index (χ1) is 8.81. The second-order valence-corrected chi connectivity index (χ2v) is 4.68. The summed E-state index contributed by atoms with van der Waals surface area (Å²) in [6, 6.07) is 5.84. The molecule has 0 aliphatic carbocycles. The number of aromatic nitrogens is 2. The minimum Gasteiger partial charge on any atom is -0.454 e. The van der Waals surface area contributed by atoms with Crippen molar-refractivity contribution < 1.29 is 9.47 Å². The van der Waals surface area contributed by atoms with Crippen LogP contribution in [0.4, 0.5) is 5.95 Å². The van der Waals surface area contributed by atoms with Gasteiger partial charge in [0.1, 0.15) is 0 Å². The fourth-order valence-electron chi connectivity index (χ4n) is 1.64. The number of rotatable bonds is 3. The van der Waals surface area contributed by atoms with Crippen LogP contribution in [-0.2, 0) is 6.54 Å². The fraction of sp³-hybridized carbons (Fsp3) is 0.167. The highest BCUT2D eigenvalue weighted by atomic mass is 79.9. The van der Waals surface area contributed by atoms with Gasteiger partial charge in [0.05, 0.1) is 4.47 Å². The highest BCUT2D eigenvalue weighted by Crippen LogP contribution is 2.32. The Morgan fingerprint density at radius 1 is 1.17 bits per heavy atom. The molecule has 1 N–H and O–H groups in total. The van der Waals surface area contributed by atoms with Crippen molar-refractivity contribution in [1.29, 1.82) is 0 Å². The molecule has 0 amide bonds. The maximum Gasteiger partial charge on any atom is 0.231 e. The second kappa shape index (κ2) is 4.81. The molecule has 5 nitrogen and oxygen atoms in total. The van der Waals surface area contributed by atoms with Crippen LogP contribution in [0, 0.1) is 0 Å². The van der Waals surface area contributed by atoms with Gasteiger partial charge < -0.3 is 14.8 Å². The third-order valence-corrected chi connectivity index (χ3v) is 2.92. The van der Waals surface area contributed by atoms with E-state index in [0.717, 1.165) is 21.5 Å². The van der Waals surface area contributed by atoms with Gasteiger partial charge in [0.25, 0.3) is 0 Å². The van der Waals surface area contributed by atoms with E-state index in [1.54, 1.807) is 12.4 Å². The van der Waals surface area contributed by atoms with Crippen LogP contribution in [-0.4, -0.2) is 16.8 Å². The van der Waals surface area contributed by atoms with E-state index in [4.69, 9.17) is 9.47 Å². The van der Waals surface area contributed by atoms with Gasteiger partial charge in [0, 0.05) is 18.9 Å². The van der Waals surface area contributed by atoms with Crippen molar-refractivity contribution in [3.05, 3.63) is 40.6 Å². The normalized spacial score (nSPS) is 12.5. The standard InChI is InChI=1S/C12H10BrN3O2/c13-9-5-15-12(16-6-9)14-4-8-1-2-10-11(3-8)18-7-17-10/h1-3,5-6H,4,7H2,(H,14,15,16). The third-order valence-electron chi connectivity index (χ3n) is 2.51. The van der Waals surface area contributed by atoms with Crippen LogP contribution in [0.25, 0.3) is 0 Å². The average Bonchev–Trinajstić information content (AvgIpc) is 2.85. The Kier molecular flexibility index (Phi) is 3.02. The molecule has 0 radical (unpaired) electrons. The summed E-state index contributed by atoms with van der Waals surface area (Å²) in [7, 11) is 0. The summed E-state index contributed by atoms with van der Waals surface area (Å²) < 4.78 is 11.4. The molecule has 6 heteroatoms. The lowest BCUT2D eigenvalue weighted by Gasteiger charge is -2.05. The Balaban J connectivity index is 1.68. The molecule has 2 heterocycles. The molecular formula is C12H10BrN3O2. The maximum absolute atomic E-state index is 5.32. The molecule has 1 aromatic heterocycles. The number of benzene rings is 1. The molecule has 92 valence electrons. The summed E-state index contributed by atoms with van der Waals surface area (Å²) in [4.78, 5) is 8.28. The number of ether oxygens (including phenoxy) is 2. The lowest BCUT2D eigenvalue weighted by Crippen LogP contribution is -2.02. The van der Waals surface area contributed by atoms with E-state index in [1.165, 1.54) is 0 Å². The zero-order valence-electron chi connectivity index (χ0n) is 9.39. The minimum atomic E-state index is 0.294. The highest BCUT2D eigenvalue weighted by Gasteiger charge is 2.12. The second-order valence-electron chi connectivity index (χ2n) is 3.77.